The van der Waals surface area contributed by atoms with Crippen molar-refractivity contribution in [2.75, 3.05) is 5.32 Å². The first-order valence-electron chi connectivity index (χ1n) is 7.50. The summed E-state index contributed by atoms with van der Waals surface area (Å²) in [5, 5.41) is 3.17. The number of benzene rings is 2. The maximum atomic E-state index is 12.7. The fraction of sp³-hybridized carbons (Fsp3) is 0.111. The van der Waals surface area contributed by atoms with Crippen LogP contribution in [0.15, 0.2) is 59.5 Å². The zero-order valence-electron chi connectivity index (χ0n) is 13.2. The molecule has 0 atom stereocenters. The lowest BCUT2D eigenvalue weighted by Crippen LogP contribution is -2.20. The first kappa shape index (κ1) is 18.0. The molecule has 3 aromatic rings. The van der Waals surface area contributed by atoms with Crippen LogP contribution in [0.2, 0.25) is 5.02 Å². The summed E-state index contributed by atoms with van der Waals surface area (Å²) in [6, 6.07) is 10.4. The van der Waals surface area contributed by atoms with E-state index in [0.717, 1.165) is 12.1 Å². The predicted octanol–water partition coefficient (Wildman–Crippen LogP) is 4.31. The number of amides is 1. The molecule has 1 heterocycles. The maximum absolute atomic E-state index is 12.7. The Morgan fingerprint density at radius 2 is 1.88 bits per heavy atom. The molecule has 0 saturated carbocycles. The second kappa shape index (κ2) is 6.84. The third-order valence-corrected chi connectivity index (χ3v) is 3.96. The quantitative estimate of drug-likeness (QED) is 0.736. The molecule has 0 spiro atoms. The number of carbonyl (C=O) groups is 1. The fourth-order valence-electron chi connectivity index (χ4n) is 2.55. The largest absolute Gasteiger partial charge is 0.416 e. The average molecular weight is 381 g/mol. The maximum Gasteiger partial charge on any atom is 0.416 e. The van der Waals surface area contributed by atoms with Gasteiger partial charge in [-0.15, -0.1) is 0 Å². The summed E-state index contributed by atoms with van der Waals surface area (Å²) < 4.78 is 39.7. The van der Waals surface area contributed by atoms with Crippen LogP contribution in [-0.2, 0) is 17.5 Å². The first-order valence-corrected chi connectivity index (χ1v) is 7.88. The Bertz CT molecular complexity index is 1040. The van der Waals surface area contributed by atoms with E-state index in [0.29, 0.717) is 15.9 Å². The number of carbonyl (C=O) groups excluding carboxylic acids is 1. The minimum absolute atomic E-state index is 0.0400. The van der Waals surface area contributed by atoms with Crippen LogP contribution in [0, 0.1) is 0 Å². The molecule has 8 heteroatoms. The van der Waals surface area contributed by atoms with Crippen molar-refractivity contribution in [1.29, 1.82) is 0 Å². The van der Waals surface area contributed by atoms with Crippen LogP contribution in [0.4, 0.5) is 18.9 Å². The lowest BCUT2D eigenvalue weighted by Gasteiger charge is -2.12. The molecule has 4 nitrogen and oxygen atoms in total. The molecule has 2 aromatic carbocycles. The van der Waals surface area contributed by atoms with E-state index in [1.807, 2.05) is 0 Å². The van der Waals surface area contributed by atoms with Crippen LogP contribution in [-0.4, -0.2) is 10.5 Å². The predicted molar refractivity (Wildman–Crippen MR) is 93.3 cm³/mol. The number of halogens is 4. The fourth-order valence-corrected chi connectivity index (χ4v) is 2.72. The summed E-state index contributed by atoms with van der Waals surface area (Å²) in [4.78, 5) is 24.1. The van der Waals surface area contributed by atoms with Crippen LogP contribution in [0.5, 0.6) is 0 Å². The minimum atomic E-state index is -4.49. The van der Waals surface area contributed by atoms with Crippen LogP contribution >= 0.6 is 11.6 Å². The first-order chi connectivity index (χ1) is 12.2. The van der Waals surface area contributed by atoms with E-state index in [1.54, 1.807) is 12.1 Å². The number of hydrogen-bond acceptors (Lipinski definition) is 2. The van der Waals surface area contributed by atoms with Crippen LogP contribution in [0.3, 0.4) is 0 Å². The summed E-state index contributed by atoms with van der Waals surface area (Å²) >= 11 is 5.89. The molecule has 0 bridgehead atoms. The number of aromatic nitrogens is 1. The van der Waals surface area contributed by atoms with Crippen molar-refractivity contribution in [3.8, 4) is 0 Å². The highest BCUT2D eigenvalue weighted by atomic mass is 35.5. The standard InChI is InChI=1S/C18H12ClF3N2O2/c19-12-4-5-15-14(9-12)16(25)6-7-24(15)10-17(26)23-13-3-1-2-11(8-13)18(20,21)22/h1-9H,10H2,(H,23,26). The van der Waals surface area contributed by atoms with Gasteiger partial charge in [0.1, 0.15) is 6.54 Å². The van der Waals surface area contributed by atoms with E-state index in [1.165, 1.54) is 35.0 Å². The number of rotatable bonds is 3. The highest BCUT2D eigenvalue weighted by Gasteiger charge is 2.30. The van der Waals surface area contributed by atoms with Crippen molar-refractivity contribution in [1.82, 2.24) is 4.57 Å². The van der Waals surface area contributed by atoms with E-state index in [2.05, 4.69) is 5.32 Å². The normalized spacial score (nSPS) is 11.5. The minimum Gasteiger partial charge on any atom is -0.338 e. The number of alkyl halides is 3. The lowest BCUT2D eigenvalue weighted by atomic mass is 10.2. The Kier molecular flexibility index (Phi) is 4.73. The Morgan fingerprint density at radius 3 is 2.62 bits per heavy atom. The molecule has 1 N–H and O–H groups in total. The van der Waals surface area contributed by atoms with Crippen LogP contribution in [0.25, 0.3) is 10.9 Å². The number of pyridine rings is 1. The van der Waals surface area contributed by atoms with E-state index in [4.69, 9.17) is 11.6 Å². The van der Waals surface area contributed by atoms with Crippen molar-refractivity contribution in [3.63, 3.8) is 0 Å². The Labute approximate surface area is 150 Å². The van der Waals surface area contributed by atoms with E-state index < -0.39 is 17.6 Å². The third-order valence-electron chi connectivity index (χ3n) is 3.73. The third kappa shape index (κ3) is 3.88. The van der Waals surface area contributed by atoms with Crippen molar-refractivity contribution in [2.24, 2.45) is 0 Å². The van der Waals surface area contributed by atoms with Crippen molar-refractivity contribution in [3.05, 3.63) is 75.5 Å². The van der Waals surface area contributed by atoms with Gasteiger partial charge < -0.3 is 9.88 Å². The van der Waals surface area contributed by atoms with Gasteiger partial charge in [0.15, 0.2) is 5.43 Å². The molecular weight excluding hydrogens is 369 g/mol. The molecule has 0 aliphatic carbocycles. The average Bonchev–Trinajstić information content (AvgIpc) is 2.57. The zero-order valence-corrected chi connectivity index (χ0v) is 13.9. The summed E-state index contributed by atoms with van der Waals surface area (Å²) in [5.74, 6) is -0.524. The number of fused-ring (bicyclic) bond motifs is 1. The van der Waals surface area contributed by atoms with E-state index in [-0.39, 0.29) is 17.7 Å². The summed E-state index contributed by atoms with van der Waals surface area (Å²) in [7, 11) is 0. The molecular formula is C18H12ClF3N2O2. The second-order valence-electron chi connectivity index (χ2n) is 5.60. The van der Waals surface area contributed by atoms with Gasteiger partial charge >= 0.3 is 6.18 Å². The van der Waals surface area contributed by atoms with Gasteiger partial charge in [-0.1, -0.05) is 17.7 Å². The van der Waals surface area contributed by atoms with Gasteiger partial charge in [-0.2, -0.15) is 13.2 Å². The van der Waals surface area contributed by atoms with E-state index >= 15 is 0 Å². The molecule has 0 fully saturated rings. The van der Waals surface area contributed by atoms with Gasteiger partial charge in [0, 0.05) is 28.4 Å². The summed E-state index contributed by atoms with van der Waals surface area (Å²) in [6.07, 6.45) is -3.04. The molecule has 0 aliphatic heterocycles. The Hall–Kier alpha value is -2.80. The smallest absolute Gasteiger partial charge is 0.338 e. The SMILES string of the molecule is O=C(Cn1ccc(=O)c2cc(Cl)ccc21)Nc1cccc(C(F)(F)F)c1. The van der Waals surface area contributed by atoms with Gasteiger partial charge in [0.25, 0.3) is 0 Å². The molecule has 1 aromatic heterocycles. The molecule has 26 heavy (non-hydrogen) atoms. The van der Waals surface area contributed by atoms with Crippen molar-refractivity contribution < 1.29 is 18.0 Å². The monoisotopic (exact) mass is 380 g/mol. The van der Waals surface area contributed by atoms with E-state index in [9.17, 15) is 22.8 Å². The lowest BCUT2D eigenvalue weighted by molar-refractivity contribution is -0.137. The topological polar surface area (TPSA) is 51.1 Å². The van der Waals surface area contributed by atoms with Gasteiger partial charge in [-0.25, -0.2) is 0 Å². The van der Waals surface area contributed by atoms with Crippen LogP contribution < -0.4 is 10.7 Å². The molecule has 134 valence electrons. The van der Waals surface area contributed by atoms with Gasteiger partial charge in [0.05, 0.1) is 11.1 Å². The number of nitrogens with one attached hydrogen (secondary N) is 1. The van der Waals surface area contributed by atoms with Crippen molar-refractivity contribution in [2.45, 2.75) is 12.7 Å². The second-order valence-corrected chi connectivity index (χ2v) is 6.03. The molecule has 0 unspecified atom stereocenters. The molecule has 3 rings (SSSR count). The molecule has 0 saturated heterocycles. The highest BCUT2D eigenvalue weighted by molar-refractivity contribution is 6.31. The Morgan fingerprint density at radius 1 is 1.12 bits per heavy atom. The number of hydrogen-bond donors (Lipinski definition) is 1. The summed E-state index contributed by atoms with van der Waals surface area (Å²) in [5.41, 5.74) is -0.546. The van der Waals surface area contributed by atoms with Gasteiger partial charge in [-0.3, -0.25) is 9.59 Å². The molecule has 1 amide bonds. The summed E-state index contributed by atoms with van der Waals surface area (Å²) in [6.45, 7) is -0.172. The van der Waals surface area contributed by atoms with Gasteiger partial charge in [-0.05, 0) is 36.4 Å². The highest BCUT2D eigenvalue weighted by Crippen LogP contribution is 2.30. The molecule has 0 aliphatic rings. The van der Waals surface area contributed by atoms with Crippen LogP contribution in [0.1, 0.15) is 5.56 Å². The van der Waals surface area contributed by atoms with Crippen molar-refractivity contribution >= 4 is 34.1 Å². The zero-order chi connectivity index (χ0) is 18.9. The molecule has 0 radical (unpaired) electrons. The Balaban J connectivity index is 1.84. The van der Waals surface area contributed by atoms with Gasteiger partial charge in [0.2, 0.25) is 5.91 Å². The number of anilines is 1. The number of nitrogens with zero attached hydrogens (tertiary/aromatic N) is 1.